The van der Waals surface area contributed by atoms with Crippen molar-refractivity contribution in [2.24, 2.45) is 5.10 Å². The third-order valence-electron chi connectivity index (χ3n) is 6.31. The van der Waals surface area contributed by atoms with Crippen molar-refractivity contribution in [3.8, 4) is 17.2 Å². The van der Waals surface area contributed by atoms with Crippen molar-refractivity contribution in [2.75, 3.05) is 25.1 Å². The summed E-state index contributed by atoms with van der Waals surface area (Å²) in [6.45, 7) is 3.22. The number of aryl methyl sites for hydroxylation is 1. The normalized spacial score (nSPS) is 11.5. The molecule has 0 aliphatic carbocycles. The maximum atomic E-state index is 13.7. The minimum absolute atomic E-state index is 0.00768. The van der Waals surface area contributed by atoms with Crippen molar-refractivity contribution < 1.29 is 22.7 Å². The molecule has 12 heteroatoms. The van der Waals surface area contributed by atoms with E-state index < -0.39 is 22.5 Å². The summed E-state index contributed by atoms with van der Waals surface area (Å²) in [7, 11) is -1.30. The second-order valence-corrected chi connectivity index (χ2v) is 11.5. The number of hydrogen-bond donors (Lipinski definition) is 1. The molecule has 214 valence electrons. The molecule has 4 aromatic rings. The second-order valence-electron chi connectivity index (χ2n) is 8.89. The van der Waals surface area contributed by atoms with Crippen LogP contribution in [0.4, 0.5) is 5.69 Å². The molecular formula is C29H28Cl2N4O5S. The fourth-order valence-corrected chi connectivity index (χ4v) is 6.13. The Morgan fingerprint density at radius 1 is 1.00 bits per heavy atom. The van der Waals surface area contributed by atoms with E-state index in [0.717, 1.165) is 21.3 Å². The van der Waals surface area contributed by atoms with Crippen LogP contribution in [0, 0.1) is 13.8 Å². The Hall–Kier alpha value is -3.99. The van der Waals surface area contributed by atoms with E-state index in [0.29, 0.717) is 21.5 Å². The van der Waals surface area contributed by atoms with Crippen molar-refractivity contribution in [2.45, 2.75) is 18.7 Å². The van der Waals surface area contributed by atoms with Crippen LogP contribution in [0.1, 0.15) is 17.0 Å². The molecule has 0 saturated carbocycles. The second kappa shape index (κ2) is 12.7. The first-order chi connectivity index (χ1) is 19.6. The van der Waals surface area contributed by atoms with Crippen molar-refractivity contribution in [1.29, 1.82) is 0 Å². The monoisotopic (exact) mass is 614 g/mol. The van der Waals surface area contributed by atoms with E-state index in [2.05, 4.69) is 10.5 Å². The number of nitrogens with zero attached hydrogens (tertiary/aromatic N) is 3. The summed E-state index contributed by atoms with van der Waals surface area (Å²) in [5.74, 6) is -0.0336. The maximum absolute atomic E-state index is 13.7. The Morgan fingerprint density at radius 3 is 2.41 bits per heavy atom. The zero-order valence-electron chi connectivity index (χ0n) is 22.8. The predicted molar refractivity (Wildman–Crippen MR) is 162 cm³/mol. The molecule has 4 rings (SSSR count). The minimum atomic E-state index is -4.17. The number of sulfonamides is 1. The number of hydrogen-bond acceptors (Lipinski definition) is 6. The molecule has 0 bridgehead atoms. The Morgan fingerprint density at radius 2 is 1.73 bits per heavy atom. The highest BCUT2D eigenvalue weighted by atomic mass is 35.5. The van der Waals surface area contributed by atoms with Gasteiger partial charge in [0.15, 0.2) is 0 Å². The lowest BCUT2D eigenvalue weighted by Crippen LogP contribution is -2.39. The summed E-state index contributed by atoms with van der Waals surface area (Å²) >= 11 is 12.6. The van der Waals surface area contributed by atoms with Crippen LogP contribution in [0.2, 0.25) is 10.0 Å². The van der Waals surface area contributed by atoms with Gasteiger partial charge < -0.3 is 14.0 Å². The summed E-state index contributed by atoms with van der Waals surface area (Å²) in [6.07, 6.45) is 1.48. The van der Waals surface area contributed by atoms with Gasteiger partial charge in [0.25, 0.3) is 15.9 Å². The molecule has 1 aromatic heterocycles. The van der Waals surface area contributed by atoms with Crippen molar-refractivity contribution >= 4 is 51.0 Å². The molecule has 41 heavy (non-hydrogen) atoms. The Bertz CT molecular complexity index is 1710. The fourth-order valence-electron chi connectivity index (χ4n) is 4.30. The summed E-state index contributed by atoms with van der Waals surface area (Å²) in [5, 5.41) is 4.94. The van der Waals surface area contributed by atoms with Gasteiger partial charge in [-0.25, -0.2) is 13.8 Å². The van der Waals surface area contributed by atoms with Gasteiger partial charge in [-0.1, -0.05) is 47.5 Å². The molecule has 0 spiro atoms. The van der Waals surface area contributed by atoms with E-state index in [9.17, 15) is 13.2 Å². The average molecular weight is 616 g/mol. The number of carbonyl (C=O) groups is 1. The number of benzene rings is 3. The smallest absolute Gasteiger partial charge is 0.264 e. The Balaban J connectivity index is 1.62. The molecule has 0 aliphatic rings. The molecule has 0 saturated heterocycles. The molecule has 0 unspecified atom stereocenters. The highest BCUT2D eigenvalue weighted by molar-refractivity contribution is 7.92. The van der Waals surface area contributed by atoms with Crippen LogP contribution in [0.3, 0.4) is 0 Å². The molecule has 3 aromatic carbocycles. The van der Waals surface area contributed by atoms with Gasteiger partial charge in [-0.3, -0.25) is 9.10 Å². The third kappa shape index (κ3) is 6.35. The highest BCUT2D eigenvalue weighted by Crippen LogP contribution is 2.36. The largest absolute Gasteiger partial charge is 0.497 e. The van der Waals surface area contributed by atoms with Gasteiger partial charge >= 0.3 is 0 Å². The number of methoxy groups -OCH3 is 2. The van der Waals surface area contributed by atoms with E-state index in [1.807, 2.05) is 36.6 Å². The predicted octanol–water partition coefficient (Wildman–Crippen LogP) is 5.76. The quantitative estimate of drug-likeness (QED) is 0.181. The number of anilines is 1. The number of hydrazone groups is 1. The number of halogens is 2. The zero-order valence-corrected chi connectivity index (χ0v) is 25.1. The van der Waals surface area contributed by atoms with Gasteiger partial charge in [0, 0.05) is 23.0 Å². The lowest BCUT2D eigenvalue weighted by atomic mass is 10.2. The Labute approximate surface area is 249 Å². The number of carbonyl (C=O) groups excluding carboxylic acids is 1. The molecule has 1 heterocycles. The topological polar surface area (TPSA) is 102 Å². The maximum Gasteiger partial charge on any atom is 0.264 e. The SMILES string of the molecule is COc1ccc(OC)c(N(CC(=O)N/N=C/c2cc(C)n(-c3cccc(Cl)c3Cl)c2C)S(=O)(=O)c2ccccc2)c1. The highest BCUT2D eigenvalue weighted by Gasteiger charge is 2.30. The summed E-state index contributed by atoms with van der Waals surface area (Å²) in [4.78, 5) is 13.1. The van der Waals surface area contributed by atoms with Crippen molar-refractivity contribution in [1.82, 2.24) is 9.99 Å². The average Bonchev–Trinajstić information content (AvgIpc) is 3.25. The first kappa shape index (κ1) is 30.0. The number of ether oxygens (including phenoxy) is 2. The van der Waals surface area contributed by atoms with Crippen LogP contribution >= 0.6 is 23.2 Å². The van der Waals surface area contributed by atoms with Gasteiger partial charge in [-0.15, -0.1) is 0 Å². The Kier molecular flexibility index (Phi) is 9.27. The van der Waals surface area contributed by atoms with Crippen molar-refractivity contribution in [3.05, 3.63) is 99.8 Å². The van der Waals surface area contributed by atoms with E-state index in [1.54, 1.807) is 36.4 Å². The van der Waals surface area contributed by atoms with Crippen LogP contribution < -0.4 is 19.2 Å². The molecule has 0 atom stereocenters. The molecule has 0 fully saturated rings. The molecule has 1 N–H and O–H groups in total. The van der Waals surface area contributed by atoms with Crippen molar-refractivity contribution in [3.63, 3.8) is 0 Å². The first-order valence-corrected chi connectivity index (χ1v) is 14.5. The number of rotatable bonds is 10. The number of amides is 1. The van der Waals surface area contributed by atoms with Gasteiger partial charge in [-0.2, -0.15) is 5.10 Å². The van der Waals surface area contributed by atoms with Gasteiger partial charge in [0.05, 0.1) is 46.7 Å². The summed E-state index contributed by atoms with van der Waals surface area (Å²) < 4.78 is 41.0. The summed E-state index contributed by atoms with van der Waals surface area (Å²) in [5.41, 5.74) is 5.71. The van der Waals surface area contributed by atoms with E-state index in [4.69, 9.17) is 32.7 Å². The molecular weight excluding hydrogens is 587 g/mol. The number of aromatic nitrogens is 1. The van der Waals surface area contributed by atoms with E-state index in [-0.39, 0.29) is 16.3 Å². The van der Waals surface area contributed by atoms with Crippen LogP contribution in [0.5, 0.6) is 11.5 Å². The van der Waals surface area contributed by atoms with Gasteiger partial charge in [0.1, 0.15) is 18.0 Å². The molecule has 0 radical (unpaired) electrons. The lowest BCUT2D eigenvalue weighted by Gasteiger charge is -2.25. The van der Waals surface area contributed by atoms with Crippen LogP contribution in [0.15, 0.2) is 82.8 Å². The lowest BCUT2D eigenvalue weighted by molar-refractivity contribution is -0.119. The molecule has 0 aliphatic heterocycles. The first-order valence-electron chi connectivity index (χ1n) is 12.3. The molecule has 9 nitrogen and oxygen atoms in total. The standard InChI is InChI=1S/C29H28Cl2N4O5S/c1-19-15-21(20(2)35(19)25-12-8-11-24(30)29(25)31)17-32-33-28(36)18-34(41(37,38)23-9-6-5-7-10-23)26-16-22(39-3)13-14-27(26)40-4/h5-17H,18H2,1-4H3,(H,33,36)/b32-17+. The third-order valence-corrected chi connectivity index (χ3v) is 8.89. The minimum Gasteiger partial charge on any atom is -0.497 e. The fraction of sp³-hybridized carbons (Fsp3) is 0.172. The van der Waals surface area contributed by atoms with Crippen LogP contribution in [-0.2, 0) is 14.8 Å². The van der Waals surface area contributed by atoms with Crippen LogP contribution in [0.25, 0.3) is 5.69 Å². The van der Waals surface area contributed by atoms with E-state index in [1.165, 1.54) is 38.6 Å². The number of nitrogens with one attached hydrogen (secondary N) is 1. The van der Waals surface area contributed by atoms with Gasteiger partial charge in [-0.05, 0) is 56.3 Å². The van der Waals surface area contributed by atoms with Crippen LogP contribution in [-0.4, -0.2) is 45.9 Å². The zero-order chi connectivity index (χ0) is 29.7. The van der Waals surface area contributed by atoms with Gasteiger partial charge in [0.2, 0.25) is 0 Å². The van der Waals surface area contributed by atoms with E-state index >= 15 is 0 Å². The molecule has 1 amide bonds. The summed E-state index contributed by atoms with van der Waals surface area (Å²) in [6, 6.07) is 19.8.